The van der Waals surface area contributed by atoms with E-state index in [4.69, 9.17) is 4.74 Å². The van der Waals surface area contributed by atoms with Crippen LogP contribution in [0.1, 0.15) is 23.6 Å². The molecule has 0 aliphatic carbocycles. The first-order valence-electron chi connectivity index (χ1n) is 6.30. The maximum atomic E-state index is 12.5. The largest absolute Gasteiger partial charge is 0.497 e. The predicted molar refractivity (Wildman–Crippen MR) is 73.1 cm³/mol. The molecule has 2 aromatic carbocycles. The van der Waals surface area contributed by atoms with Crippen LogP contribution in [-0.2, 0) is 11.8 Å². The molecule has 0 aliphatic rings. The molecular weight excluding hydrogens is 281 g/mol. The van der Waals surface area contributed by atoms with Crippen LogP contribution >= 0.6 is 0 Å². The Bertz CT molecular complexity index is 599. The first kappa shape index (κ1) is 15.4. The van der Waals surface area contributed by atoms with Gasteiger partial charge in [0.25, 0.3) is 0 Å². The van der Waals surface area contributed by atoms with Crippen LogP contribution < -0.4 is 4.74 Å². The Morgan fingerprint density at radius 1 is 0.810 bits per heavy atom. The summed E-state index contributed by atoms with van der Waals surface area (Å²) in [6.07, 6.45) is -4.38. The first-order valence-corrected chi connectivity index (χ1v) is 6.30. The summed E-state index contributed by atoms with van der Waals surface area (Å²) in [6.45, 7) is 1.54. The average molecular weight is 296 g/mol. The van der Waals surface area contributed by atoms with E-state index in [1.807, 2.05) is 0 Å². The Balaban J connectivity index is 2.34. The summed E-state index contributed by atoms with van der Waals surface area (Å²) in [6, 6.07) is 11.2. The summed E-state index contributed by atoms with van der Waals surface area (Å²) in [7, 11) is 1.53. The third kappa shape index (κ3) is 3.19. The van der Waals surface area contributed by atoms with Crippen LogP contribution in [0, 0.1) is 0 Å². The number of aliphatic hydroxyl groups is 1. The van der Waals surface area contributed by atoms with Crippen molar-refractivity contribution in [1.82, 2.24) is 0 Å². The lowest BCUT2D eigenvalue weighted by Crippen LogP contribution is -2.22. The highest BCUT2D eigenvalue weighted by molar-refractivity contribution is 5.39. The smallest absolute Gasteiger partial charge is 0.416 e. The van der Waals surface area contributed by atoms with Gasteiger partial charge < -0.3 is 9.84 Å². The van der Waals surface area contributed by atoms with E-state index >= 15 is 0 Å². The van der Waals surface area contributed by atoms with Crippen molar-refractivity contribution in [3.05, 3.63) is 65.2 Å². The molecule has 0 amide bonds. The fraction of sp³-hybridized carbons (Fsp3) is 0.250. The SMILES string of the molecule is COc1ccc(C(C)(O)c2ccc(C(F)(F)F)cc2)cc1. The van der Waals surface area contributed by atoms with Gasteiger partial charge in [0.15, 0.2) is 0 Å². The minimum Gasteiger partial charge on any atom is -0.497 e. The molecule has 0 aliphatic heterocycles. The number of rotatable bonds is 3. The molecule has 0 spiro atoms. The quantitative estimate of drug-likeness (QED) is 0.928. The summed E-state index contributed by atoms with van der Waals surface area (Å²) >= 11 is 0. The van der Waals surface area contributed by atoms with Gasteiger partial charge in [-0.2, -0.15) is 13.2 Å². The zero-order chi connectivity index (χ0) is 15.7. The fourth-order valence-corrected chi connectivity index (χ4v) is 2.07. The highest BCUT2D eigenvalue weighted by Crippen LogP contribution is 2.33. The van der Waals surface area contributed by atoms with Gasteiger partial charge in [-0.3, -0.25) is 0 Å². The van der Waals surface area contributed by atoms with Crippen LogP contribution in [-0.4, -0.2) is 12.2 Å². The van der Waals surface area contributed by atoms with Crippen LogP contribution in [0.3, 0.4) is 0 Å². The number of hydrogen-bond donors (Lipinski definition) is 1. The molecule has 2 nitrogen and oxygen atoms in total. The molecule has 21 heavy (non-hydrogen) atoms. The van der Waals surface area contributed by atoms with Crippen molar-refractivity contribution in [3.63, 3.8) is 0 Å². The average Bonchev–Trinajstić information content (AvgIpc) is 2.46. The number of benzene rings is 2. The normalized spacial score (nSPS) is 14.6. The molecule has 0 bridgehead atoms. The maximum absolute atomic E-state index is 12.5. The lowest BCUT2D eigenvalue weighted by molar-refractivity contribution is -0.137. The molecule has 0 fully saturated rings. The summed E-state index contributed by atoms with van der Waals surface area (Å²) in [4.78, 5) is 0. The number of alkyl halides is 3. The minimum absolute atomic E-state index is 0.390. The van der Waals surface area contributed by atoms with E-state index in [1.165, 1.54) is 26.2 Å². The number of methoxy groups -OCH3 is 1. The van der Waals surface area contributed by atoms with E-state index in [-0.39, 0.29) is 0 Å². The lowest BCUT2D eigenvalue weighted by Gasteiger charge is -2.25. The summed E-state index contributed by atoms with van der Waals surface area (Å²) in [5.74, 6) is 0.641. The summed E-state index contributed by atoms with van der Waals surface area (Å²) in [5.41, 5.74) is -1.16. The van der Waals surface area contributed by atoms with E-state index in [1.54, 1.807) is 24.3 Å². The van der Waals surface area contributed by atoms with E-state index in [0.29, 0.717) is 16.9 Å². The van der Waals surface area contributed by atoms with Crippen molar-refractivity contribution >= 4 is 0 Å². The van der Waals surface area contributed by atoms with Crippen LogP contribution in [0.5, 0.6) is 5.75 Å². The topological polar surface area (TPSA) is 29.5 Å². The molecule has 0 saturated carbocycles. The van der Waals surface area contributed by atoms with Gasteiger partial charge in [0.2, 0.25) is 0 Å². The van der Waals surface area contributed by atoms with E-state index in [0.717, 1.165) is 12.1 Å². The van der Waals surface area contributed by atoms with Gasteiger partial charge in [-0.1, -0.05) is 24.3 Å². The van der Waals surface area contributed by atoms with E-state index in [2.05, 4.69) is 0 Å². The molecule has 112 valence electrons. The van der Waals surface area contributed by atoms with Crippen LogP contribution in [0.25, 0.3) is 0 Å². The standard InChI is InChI=1S/C16H15F3O2/c1-15(20,12-7-9-14(21-2)10-8-12)11-3-5-13(6-4-11)16(17,18)19/h3-10,20H,1-2H3. The second-order valence-corrected chi connectivity index (χ2v) is 4.88. The zero-order valence-corrected chi connectivity index (χ0v) is 11.6. The van der Waals surface area contributed by atoms with Crippen molar-refractivity contribution in [2.24, 2.45) is 0 Å². The third-order valence-electron chi connectivity index (χ3n) is 3.43. The van der Waals surface area contributed by atoms with Gasteiger partial charge in [-0.25, -0.2) is 0 Å². The Kier molecular flexibility index (Phi) is 3.96. The second-order valence-electron chi connectivity index (χ2n) is 4.88. The Hall–Kier alpha value is -2.01. The monoisotopic (exact) mass is 296 g/mol. The molecule has 0 radical (unpaired) electrons. The number of halogens is 3. The highest BCUT2D eigenvalue weighted by Gasteiger charge is 2.32. The molecule has 2 aromatic rings. The molecule has 0 saturated heterocycles. The van der Waals surface area contributed by atoms with Gasteiger partial charge in [-0.15, -0.1) is 0 Å². The van der Waals surface area contributed by atoms with Crippen LogP contribution in [0.15, 0.2) is 48.5 Å². The molecule has 1 N–H and O–H groups in total. The van der Waals surface area contributed by atoms with Crippen molar-refractivity contribution < 1.29 is 23.0 Å². The van der Waals surface area contributed by atoms with Gasteiger partial charge in [0.1, 0.15) is 11.4 Å². The fourth-order valence-electron chi connectivity index (χ4n) is 2.07. The molecule has 1 atom stereocenters. The van der Waals surface area contributed by atoms with Gasteiger partial charge in [0, 0.05) is 0 Å². The third-order valence-corrected chi connectivity index (χ3v) is 3.43. The highest BCUT2D eigenvalue weighted by atomic mass is 19.4. The van der Waals surface area contributed by atoms with Gasteiger partial charge in [-0.05, 0) is 42.3 Å². The first-order chi connectivity index (χ1) is 9.75. The molecule has 5 heteroatoms. The van der Waals surface area contributed by atoms with Crippen LogP contribution in [0.4, 0.5) is 13.2 Å². The van der Waals surface area contributed by atoms with Gasteiger partial charge in [0.05, 0.1) is 12.7 Å². The second kappa shape index (κ2) is 5.41. The van der Waals surface area contributed by atoms with Crippen molar-refractivity contribution in [1.29, 1.82) is 0 Å². The zero-order valence-electron chi connectivity index (χ0n) is 11.6. The summed E-state index contributed by atoms with van der Waals surface area (Å²) < 4.78 is 42.7. The van der Waals surface area contributed by atoms with Crippen molar-refractivity contribution in [2.75, 3.05) is 7.11 Å². The molecule has 0 aromatic heterocycles. The summed E-state index contributed by atoms with van der Waals surface area (Å²) in [5, 5.41) is 10.6. The Morgan fingerprint density at radius 3 is 1.57 bits per heavy atom. The molecule has 2 rings (SSSR count). The molecule has 1 unspecified atom stereocenters. The minimum atomic E-state index is -4.38. The van der Waals surface area contributed by atoms with Crippen molar-refractivity contribution in [2.45, 2.75) is 18.7 Å². The van der Waals surface area contributed by atoms with E-state index in [9.17, 15) is 18.3 Å². The Morgan fingerprint density at radius 2 is 1.19 bits per heavy atom. The van der Waals surface area contributed by atoms with E-state index < -0.39 is 17.3 Å². The molecule has 0 heterocycles. The van der Waals surface area contributed by atoms with Gasteiger partial charge >= 0.3 is 6.18 Å². The lowest BCUT2D eigenvalue weighted by atomic mass is 9.88. The van der Waals surface area contributed by atoms with Crippen molar-refractivity contribution in [3.8, 4) is 5.75 Å². The van der Waals surface area contributed by atoms with Crippen LogP contribution in [0.2, 0.25) is 0 Å². The molecular formula is C16H15F3O2. The number of ether oxygens (including phenoxy) is 1. The predicted octanol–water partition coefficient (Wildman–Crippen LogP) is 3.97. The number of hydrogen-bond acceptors (Lipinski definition) is 2. The maximum Gasteiger partial charge on any atom is 0.416 e. The Labute approximate surface area is 120 Å².